The molecule has 178 valence electrons. The van der Waals surface area contributed by atoms with Gasteiger partial charge < -0.3 is 19.5 Å². The van der Waals surface area contributed by atoms with Crippen LogP contribution in [0.1, 0.15) is 34.2 Å². The summed E-state index contributed by atoms with van der Waals surface area (Å²) in [6, 6.07) is 16.8. The molecule has 35 heavy (non-hydrogen) atoms. The van der Waals surface area contributed by atoms with Gasteiger partial charge in [0.05, 0.1) is 18.7 Å². The number of carbonyl (C=O) groups is 2. The number of benzene rings is 3. The van der Waals surface area contributed by atoms with Crippen molar-refractivity contribution in [3.8, 4) is 11.5 Å². The van der Waals surface area contributed by atoms with Gasteiger partial charge in [-0.05, 0) is 66.9 Å². The van der Waals surface area contributed by atoms with Crippen molar-refractivity contribution in [3.63, 3.8) is 0 Å². The van der Waals surface area contributed by atoms with Crippen LogP contribution < -0.4 is 14.4 Å². The minimum Gasteiger partial charge on any atom is -0.454 e. The van der Waals surface area contributed by atoms with Crippen LogP contribution in [0.25, 0.3) is 6.08 Å². The molecule has 5 rings (SSSR count). The van der Waals surface area contributed by atoms with Crippen LogP contribution in [0.4, 0.5) is 5.69 Å². The van der Waals surface area contributed by atoms with Crippen LogP contribution in [0.15, 0.2) is 65.1 Å². The van der Waals surface area contributed by atoms with Gasteiger partial charge in [-0.15, -0.1) is 0 Å². The third kappa shape index (κ3) is 4.37. The lowest BCUT2D eigenvalue weighted by Gasteiger charge is -2.23. The fourth-order valence-corrected chi connectivity index (χ4v) is 4.87. The smallest absolute Gasteiger partial charge is 0.264 e. The van der Waals surface area contributed by atoms with Crippen molar-refractivity contribution in [2.45, 2.75) is 32.4 Å². The van der Waals surface area contributed by atoms with E-state index in [0.29, 0.717) is 29.3 Å². The summed E-state index contributed by atoms with van der Waals surface area (Å²) in [7, 11) is 0. The Balaban J connectivity index is 1.42. The van der Waals surface area contributed by atoms with Gasteiger partial charge in [0.2, 0.25) is 6.79 Å². The van der Waals surface area contributed by atoms with Crippen LogP contribution in [-0.2, 0) is 21.7 Å². The van der Waals surface area contributed by atoms with E-state index in [4.69, 9.17) is 9.47 Å². The maximum Gasteiger partial charge on any atom is 0.264 e. The van der Waals surface area contributed by atoms with E-state index in [-0.39, 0.29) is 19.0 Å². The number of rotatable bonds is 6. The highest BCUT2D eigenvalue weighted by molar-refractivity contribution is 9.10. The summed E-state index contributed by atoms with van der Waals surface area (Å²) >= 11 is 3.43. The third-order valence-electron chi connectivity index (χ3n) is 6.42. The molecule has 0 fully saturated rings. The van der Waals surface area contributed by atoms with Gasteiger partial charge in [0.1, 0.15) is 0 Å². The lowest BCUT2D eigenvalue weighted by molar-refractivity contribution is -0.140. The molecule has 1 N–H and O–H groups in total. The van der Waals surface area contributed by atoms with Gasteiger partial charge in [0.25, 0.3) is 5.91 Å². The number of ketones is 1. The van der Waals surface area contributed by atoms with E-state index < -0.39 is 11.5 Å². The Bertz CT molecular complexity index is 1380. The molecule has 0 saturated carbocycles. The Hall–Kier alpha value is -3.42. The number of hydrogen-bond acceptors (Lipinski definition) is 5. The Kier molecular flexibility index (Phi) is 5.99. The molecule has 2 aliphatic heterocycles. The highest BCUT2D eigenvalue weighted by Gasteiger charge is 2.50. The SMILES string of the molecule is Cc1ccc(C)c(CN2C(=O)[C@](O)(CC(=O)/C=C/c3ccc4c(c3)OCO4)c3cc(Br)ccc32)c1. The van der Waals surface area contributed by atoms with Gasteiger partial charge in [-0.3, -0.25) is 9.59 Å². The minimum absolute atomic E-state index is 0.171. The summed E-state index contributed by atoms with van der Waals surface area (Å²) in [6.07, 6.45) is 2.66. The zero-order valence-corrected chi connectivity index (χ0v) is 21.0. The average molecular weight is 534 g/mol. The first-order valence-electron chi connectivity index (χ1n) is 11.3. The largest absolute Gasteiger partial charge is 0.454 e. The summed E-state index contributed by atoms with van der Waals surface area (Å²) in [5, 5.41) is 11.6. The monoisotopic (exact) mass is 533 g/mol. The quantitative estimate of drug-likeness (QED) is 0.440. The number of ether oxygens (including phenoxy) is 2. The molecule has 3 aromatic rings. The summed E-state index contributed by atoms with van der Waals surface area (Å²) in [6.45, 7) is 4.48. The molecular formula is C28H24BrNO5. The average Bonchev–Trinajstić information content (AvgIpc) is 3.37. The summed E-state index contributed by atoms with van der Waals surface area (Å²) in [5.41, 5.74) is 2.97. The van der Waals surface area contributed by atoms with Gasteiger partial charge in [-0.2, -0.15) is 0 Å². The number of halogens is 1. The maximum atomic E-state index is 13.6. The van der Waals surface area contributed by atoms with E-state index in [2.05, 4.69) is 15.9 Å². The van der Waals surface area contributed by atoms with Crippen molar-refractivity contribution >= 4 is 39.4 Å². The second-order valence-electron chi connectivity index (χ2n) is 8.93. The molecule has 6 nitrogen and oxygen atoms in total. The van der Waals surface area contributed by atoms with Crippen LogP contribution in [0.5, 0.6) is 11.5 Å². The number of hydrogen-bond donors (Lipinski definition) is 1. The predicted octanol–water partition coefficient (Wildman–Crippen LogP) is 5.20. The van der Waals surface area contributed by atoms with Crippen molar-refractivity contribution < 1.29 is 24.2 Å². The molecule has 1 atom stereocenters. The molecule has 1 amide bonds. The second-order valence-corrected chi connectivity index (χ2v) is 9.85. The lowest BCUT2D eigenvalue weighted by Crippen LogP contribution is -2.41. The zero-order valence-electron chi connectivity index (χ0n) is 19.4. The Labute approximate surface area is 211 Å². The topological polar surface area (TPSA) is 76.1 Å². The molecule has 0 bridgehead atoms. The summed E-state index contributed by atoms with van der Waals surface area (Å²) in [4.78, 5) is 28.1. The zero-order chi connectivity index (χ0) is 24.7. The number of anilines is 1. The fourth-order valence-electron chi connectivity index (χ4n) is 4.51. The van der Waals surface area contributed by atoms with Crippen molar-refractivity contribution in [2.75, 3.05) is 11.7 Å². The van der Waals surface area contributed by atoms with Crippen LogP contribution in [0, 0.1) is 13.8 Å². The van der Waals surface area contributed by atoms with Gasteiger partial charge >= 0.3 is 0 Å². The highest BCUT2D eigenvalue weighted by Crippen LogP contribution is 2.44. The van der Waals surface area contributed by atoms with Crippen molar-refractivity contribution in [1.29, 1.82) is 0 Å². The van der Waals surface area contributed by atoms with E-state index in [9.17, 15) is 14.7 Å². The number of nitrogens with zero attached hydrogens (tertiary/aromatic N) is 1. The number of fused-ring (bicyclic) bond motifs is 2. The van der Waals surface area contributed by atoms with Crippen LogP contribution >= 0.6 is 15.9 Å². The molecule has 0 radical (unpaired) electrons. The van der Waals surface area contributed by atoms with Gasteiger partial charge in [-0.25, -0.2) is 0 Å². The second kappa shape index (κ2) is 8.98. The Morgan fingerprint density at radius 1 is 1.09 bits per heavy atom. The van der Waals surface area contributed by atoms with Gasteiger partial charge in [-0.1, -0.05) is 51.8 Å². The molecular weight excluding hydrogens is 510 g/mol. The summed E-state index contributed by atoms with van der Waals surface area (Å²) in [5.74, 6) is 0.407. The molecule has 0 unspecified atom stereocenters. The standard InChI is InChI=1S/C28H24BrNO5/c1-17-3-4-18(2)20(11-17)15-30-24-9-7-21(29)13-23(24)28(33,27(30)32)14-22(31)8-5-19-6-10-25-26(12-19)35-16-34-25/h3-13,33H,14-16H2,1-2H3/b8-5+/t28-/m0/s1. The molecule has 0 aliphatic carbocycles. The Morgan fingerprint density at radius 2 is 1.89 bits per heavy atom. The van der Waals surface area contributed by atoms with E-state index >= 15 is 0 Å². The van der Waals surface area contributed by atoms with E-state index in [1.807, 2.05) is 44.2 Å². The molecule has 7 heteroatoms. The molecule has 0 saturated heterocycles. The first kappa shape index (κ1) is 23.3. The number of aliphatic hydroxyl groups is 1. The van der Waals surface area contributed by atoms with E-state index in [0.717, 1.165) is 26.7 Å². The third-order valence-corrected chi connectivity index (χ3v) is 6.91. The number of carbonyl (C=O) groups excluding carboxylic acids is 2. The molecule has 3 aromatic carbocycles. The maximum absolute atomic E-state index is 13.6. The molecule has 0 aromatic heterocycles. The highest BCUT2D eigenvalue weighted by atomic mass is 79.9. The van der Waals surface area contributed by atoms with Gasteiger partial charge in [0, 0.05) is 10.0 Å². The number of aryl methyl sites for hydroxylation is 2. The molecule has 0 spiro atoms. The van der Waals surface area contributed by atoms with Crippen LogP contribution in [-0.4, -0.2) is 23.6 Å². The van der Waals surface area contributed by atoms with Gasteiger partial charge in [0.15, 0.2) is 22.9 Å². The van der Waals surface area contributed by atoms with Crippen LogP contribution in [0.3, 0.4) is 0 Å². The molecule has 2 heterocycles. The number of amides is 1. The first-order chi connectivity index (χ1) is 16.7. The number of allylic oxidation sites excluding steroid dienone is 1. The predicted molar refractivity (Wildman–Crippen MR) is 136 cm³/mol. The summed E-state index contributed by atoms with van der Waals surface area (Å²) < 4.78 is 11.4. The lowest BCUT2D eigenvalue weighted by atomic mass is 9.89. The molecule has 2 aliphatic rings. The van der Waals surface area contributed by atoms with E-state index in [1.54, 1.807) is 35.2 Å². The fraction of sp³-hybridized carbons (Fsp3) is 0.214. The van der Waals surface area contributed by atoms with Crippen LogP contribution in [0.2, 0.25) is 0 Å². The minimum atomic E-state index is -1.95. The normalized spacial score (nSPS) is 18.4. The van der Waals surface area contributed by atoms with Crippen molar-refractivity contribution in [1.82, 2.24) is 0 Å². The van der Waals surface area contributed by atoms with E-state index in [1.165, 1.54) is 6.08 Å². The van der Waals surface area contributed by atoms with Crippen molar-refractivity contribution in [2.24, 2.45) is 0 Å². The first-order valence-corrected chi connectivity index (χ1v) is 12.0. The van der Waals surface area contributed by atoms with Crippen molar-refractivity contribution in [3.05, 3.63) is 93.0 Å². The Morgan fingerprint density at radius 3 is 2.71 bits per heavy atom.